The van der Waals surface area contributed by atoms with Crippen LogP contribution in [0.25, 0.3) is 0 Å². The maximum absolute atomic E-state index is 11.3. The summed E-state index contributed by atoms with van der Waals surface area (Å²) >= 11 is 0. The van der Waals surface area contributed by atoms with Crippen LogP contribution in [-0.2, 0) is 4.74 Å². The lowest BCUT2D eigenvalue weighted by Gasteiger charge is -2.47. The lowest BCUT2D eigenvalue weighted by molar-refractivity contribution is -0.0458. The Balaban J connectivity index is 1.69. The summed E-state index contributed by atoms with van der Waals surface area (Å²) < 4.78 is 6.13. The number of nitrogens with one attached hydrogen (secondary N) is 1. The van der Waals surface area contributed by atoms with E-state index in [9.17, 15) is 9.90 Å². The molecule has 1 aliphatic carbocycles. The van der Waals surface area contributed by atoms with E-state index in [-0.39, 0.29) is 6.10 Å². The first-order valence-electron chi connectivity index (χ1n) is 8.99. The van der Waals surface area contributed by atoms with Crippen LogP contribution in [0.2, 0.25) is 0 Å². The van der Waals surface area contributed by atoms with Crippen molar-refractivity contribution in [3.8, 4) is 0 Å². The lowest BCUT2D eigenvalue weighted by atomic mass is 9.71. The molecular formula is C19H25NO3. The van der Waals surface area contributed by atoms with E-state index in [1.165, 1.54) is 38.5 Å². The smallest absolute Gasteiger partial charge is 0.335 e. The van der Waals surface area contributed by atoms with Gasteiger partial charge in [-0.05, 0) is 49.8 Å². The van der Waals surface area contributed by atoms with Gasteiger partial charge in [0.05, 0.1) is 11.7 Å². The summed E-state index contributed by atoms with van der Waals surface area (Å²) in [5, 5.41) is 13.0. The minimum absolute atomic E-state index is 0.0613. The molecule has 4 heteroatoms. The highest BCUT2D eigenvalue weighted by atomic mass is 16.5. The van der Waals surface area contributed by atoms with Crippen molar-refractivity contribution in [3.05, 3.63) is 29.3 Å². The van der Waals surface area contributed by atoms with Crippen LogP contribution in [0.3, 0.4) is 0 Å². The van der Waals surface area contributed by atoms with Crippen LogP contribution in [-0.4, -0.2) is 23.7 Å². The van der Waals surface area contributed by atoms with E-state index in [0.717, 1.165) is 30.2 Å². The van der Waals surface area contributed by atoms with Gasteiger partial charge in [-0.25, -0.2) is 4.79 Å². The highest BCUT2D eigenvalue weighted by molar-refractivity contribution is 5.88. The van der Waals surface area contributed by atoms with Crippen LogP contribution in [0.15, 0.2) is 18.2 Å². The second-order valence-corrected chi connectivity index (χ2v) is 7.27. The van der Waals surface area contributed by atoms with Gasteiger partial charge in [0, 0.05) is 29.8 Å². The van der Waals surface area contributed by atoms with E-state index in [2.05, 4.69) is 5.32 Å². The second-order valence-electron chi connectivity index (χ2n) is 7.27. The number of benzene rings is 1. The fourth-order valence-electron chi connectivity index (χ4n) is 4.80. The summed E-state index contributed by atoms with van der Waals surface area (Å²) in [6, 6.07) is 5.92. The van der Waals surface area contributed by atoms with Crippen molar-refractivity contribution in [1.29, 1.82) is 0 Å². The summed E-state index contributed by atoms with van der Waals surface area (Å²) in [6.07, 6.45) is 9.01. The molecule has 2 aliphatic heterocycles. The van der Waals surface area contributed by atoms with Gasteiger partial charge in [0.15, 0.2) is 0 Å². The van der Waals surface area contributed by atoms with Crippen LogP contribution < -0.4 is 5.32 Å². The zero-order valence-corrected chi connectivity index (χ0v) is 13.5. The Morgan fingerprint density at radius 2 is 1.96 bits per heavy atom. The van der Waals surface area contributed by atoms with Crippen LogP contribution in [0.5, 0.6) is 0 Å². The van der Waals surface area contributed by atoms with Crippen LogP contribution >= 0.6 is 0 Å². The van der Waals surface area contributed by atoms with Crippen molar-refractivity contribution in [1.82, 2.24) is 0 Å². The number of rotatable bonds is 2. The average Bonchev–Trinajstić information content (AvgIpc) is 2.61. The summed E-state index contributed by atoms with van der Waals surface area (Å²) in [4.78, 5) is 11.3. The van der Waals surface area contributed by atoms with Gasteiger partial charge in [0.25, 0.3) is 0 Å². The van der Waals surface area contributed by atoms with Crippen molar-refractivity contribution in [2.75, 3.05) is 11.9 Å². The molecule has 4 rings (SSSR count). The Morgan fingerprint density at radius 1 is 1.13 bits per heavy atom. The Bertz CT molecular complexity index is 594. The number of hydrogen-bond acceptors (Lipinski definition) is 3. The van der Waals surface area contributed by atoms with Crippen molar-refractivity contribution in [2.24, 2.45) is 11.8 Å². The molecule has 1 saturated heterocycles. The van der Waals surface area contributed by atoms with Gasteiger partial charge in [-0.1, -0.05) is 19.3 Å². The molecular weight excluding hydrogens is 290 g/mol. The highest BCUT2D eigenvalue weighted by Gasteiger charge is 2.42. The van der Waals surface area contributed by atoms with E-state index >= 15 is 0 Å². The molecule has 2 heterocycles. The number of aromatic carboxylic acids is 1. The largest absolute Gasteiger partial charge is 0.478 e. The monoisotopic (exact) mass is 315 g/mol. The van der Waals surface area contributed by atoms with Crippen LogP contribution in [0, 0.1) is 11.8 Å². The Morgan fingerprint density at radius 3 is 2.74 bits per heavy atom. The van der Waals surface area contributed by atoms with Gasteiger partial charge in [-0.15, -0.1) is 0 Å². The van der Waals surface area contributed by atoms with Gasteiger partial charge < -0.3 is 15.2 Å². The van der Waals surface area contributed by atoms with Crippen LogP contribution in [0.4, 0.5) is 5.69 Å². The van der Waals surface area contributed by atoms with Crippen molar-refractivity contribution >= 4 is 11.7 Å². The van der Waals surface area contributed by atoms with Crippen molar-refractivity contribution in [2.45, 2.75) is 57.1 Å². The number of carboxylic acids is 1. The molecule has 2 N–H and O–H groups in total. The zero-order valence-electron chi connectivity index (χ0n) is 13.5. The maximum atomic E-state index is 11.3. The SMILES string of the molecule is O=C(O)c1ccc2c(c1)C1OCCCC1C(C1CCCCC1)N2. The molecule has 124 valence electrons. The fourth-order valence-corrected chi connectivity index (χ4v) is 4.80. The fraction of sp³-hybridized carbons (Fsp3) is 0.632. The molecule has 1 aromatic rings. The molecule has 1 aromatic carbocycles. The molecule has 1 saturated carbocycles. The third-order valence-corrected chi connectivity index (χ3v) is 5.91. The van der Waals surface area contributed by atoms with Gasteiger partial charge >= 0.3 is 5.97 Å². The number of fused-ring (bicyclic) bond motifs is 3. The summed E-state index contributed by atoms with van der Waals surface area (Å²) in [6.45, 7) is 0.787. The van der Waals surface area contributed by atoms with Gasteiger partial charge in [0.2, 0.25) is 0 Å². The molecule has 0 amide bonds. The Kier molecular flexibility index (Phi) is 4.02. The van der Waals surface area contributed by atoms with E-state index < -0.39 is 5.97 Å². The lowest BCUT2D eigenvalue weighted by Crippen LogP contribution is -2.46. The minimum Gasteiger partial charge on any atom is -0.478 e. The topological polar surface area (TPSA) is 58.6 Å². The van der Waals surface area contributed by atoms with E-state index in [0.29, 0.717) is 17.5 Å². The number of hydrogen-bond donors (Lipinski definition) is 2. The number of carbonyl (C=O) groups is 1. The molecule has 23 heavy (non-hydrogen) atoms. The molecule has 0 aromatic heterocycles. The van der Waals surface area contributed by atoms with E-state index in [1.54, 1.807) is 6.07 Å². The average molecular weight is 315 g/mol. The van der Waals surface area contributed by atoms with Crippen molar-refractivity contribution in [3.63, 3.8) is 0 Å². The molecule has 4 nitrogen and oxygen atoms in total. The molecule has 3 aliphatic rings. The summed E-state index contributed by atoms with van der Waals surface area (Å²) in [5.41, 5.74) is 2.48. The first kappa shape index (κ1) is 15.0. The molecule has 0 spiro atoms. The third-order valence-electron chi connectivity index (χ3n) is 5.91. The molecule has 3 unspecified atom stereocenters. The van der Waals surface area contributed by atoms with Gasteiger partial charge in [0.1, 0.15) is 0 Å². The maximum Gasteiger partial charge on any atom is 0.335 e. The van der Waals surface area contributed by atoms with E-state index in [1.807, 2.05) is 12.1 Å². The number of anilines is 1. The Hall–Kier alpha value is -1.55. The predicted octanol–water partition coefficient (Wildman–Crippen LogP) is 4.23. The van der Waals surface area contributed by atoms with Crippen LogP contribution in [0.1, 0.15) is 67.0 Å². The molecule has 0 bridgehead atoms. The molecule has 2 fully saturated rings. The van der Waals surface area contributed by atoms with Gasteiger partial charge in [-0.3, -0.25) is 0 Å². The highest BCUT2D eigenvalue weighted by Crippen LogP contribution is 2.47. The standard InChI is InChI=1S/C19H25NO3/c21-19(22)13-8-9-16-15(11-13)18-14(7-4-10-23-18)17(20-16)12-5-2-1-3-6-12/h8-9,11-12,14,17-18,20H,1-7,10H2,(H,21,22). The summed E-state index contributed by atoms with van der Waals surface area (Å²) in [7, 11) is 0. The predicted molar refractivity (Wildman–Crippen MR) is 88.8 cm³/mol. The normalized spacial score (nSPS) is 30.9. The minimum atomic E-state index is -0.866. The molecule has 3 atom stereocenters. The first-order valence-corrected chi connectivity index (χ1v) is 8.99. The number of carboxylic acid groups (broad SMARTS) is 1. The molecule has 0 radical (unpaired) electrons. The first-order chi connectivity index (χ1) is 11.2. The quantitative estimate of drug-likeness (QED) is 0.857. The zero-order chi connectivity index (χ0) is 15.8. The third kappa shape index (κ3) is 2.74. The number of ether oxygens (including phenoxy) is 1. The second kappa shape index (κ2) is 6.16. The van der Waals surface area contributed by atoms with Crippen molar-refractivity contribution < 1.29 is 14.6 Å². The van der Waals surface area contributed by atoms with E-state index in [4.69, 9.17) is 4.74 Å². The van der Waals surface area contributed by atoms with Gasteiger partial charge in [-0.2, -0.15) is 0 Å². The Labute approximate surface area is 137 Å². The summed E-state index contributed by atoms with van der Waals surface area (Å²) in [5.74, 6) is 0.336.